The van der Waals surface area contributed by atoms with E-state index in [1.165, 1.54) is 16.4 Å². The van der Waals surface area contributed by atoms with E-state index < -0.39 is 34.9 Å². The molecular formula is C22H33N3O6SSi. The fraction of sp³-hybridized carbons (Fsp3) is 0.636. The van der Waals surface area contributed by atoms with Gasteiger partial charge in [0.25, 0.3) is 5.91 Å². The molecule has 0 aliphatic carbocycles. The SMILES string of the molecule is CC(CCN1Cc2cc(C#C[Si](C)(C)C)cn2C1=O)(C(=O)NOC1CCCCO1)S(C)(=O)=O. The second-order valence-electron chi connectivity index (χ2n) is 9.89. The van der Waals surface area contributed by atoms with E-state index in [4.69, 9.17) is 9.57 Å². The third-order valence-electron chi connectivity index (χ3n) is 5.89. The van der Waals surface area contributed by atoms with Crippen LogP contribution in [0.15, 0.2) is 12.3 Å². The van der Waals surface area contributed by atoms with E-state index in [1.54, 1.807) is 6.20 Å². The lowest BCUT2D eigenvalue weighted by molar-refractivity contribution is -0.201. The van der Waals surface area contributed by atoms with Crippen molar-refractivity contribution in [3.05, 3.63) is 23.5 Å². The first kappa shape index (κ1) is 25.5. The molecule has 11 heteroatoms. The lowest BCUT2D eigenvalue weighted by Crippen LogP contribution is -2.52. The van der Waals surface area contributed by atoms with E-state index >= 15 is 0 Å². The number of ether oxygens (including phenoxy) is 1. The molecule has 2 amide bonds. The van der Waals surface area contributed by atoms with E-state index in [0.717, 1.165) is 30.4 Å². The Morgan fingerprint density at radius 1 is 1.36 bits per heavy atom. The van der Waals surface area contributed by atoms with Crippen molar-refractivity contribution >= 4 is 29.8 Å². The molecule has 9 nitrogen and oxygen atoms in total. The Labute approximate surface area is 196 Å². The lowest BCUT2D eigenvalue weighted by atomic mass is 10.1. The average Bonchev–Trinajstić information content (AvgIpc) is 3.26. The monoisotopic (exact) mass is 495 g/mol. The van der Waals surface area contributed by atoms with Gasteiger partial charge in [0.05, 0.1) is 6.54 Å². The summed E-state index contributed by atoms with van der Waals surface area (Å²) in [4.78, 5) is 32.5. The Kier molecular flexibility index (Phi) is 7.43. The van der Waals surface area contributed by atoms with Crippen LogP contribution in [0.5, 0.6) is 0 Å². The van der Waals surface area contributed by atoms with Crippen molar-refractivity contribution in [2.75, 3.05) is 19.4 Å². The predicted molar refractivity (Wildman–Crippen MR) is 127 cm³/mol. The van der Waals surface area contributed by atoms with Crippen LogP contribution in [0, 0.1) is 11.5 Å². The van der Waals surface area contributed by atoms with Crippen LogP contribution < -0.4 is 5.48 Å². The van der Waals surface area contributed by atoms with Crippen molar-refractivity contribution < 1.29 is 27.6 Å². The molecule has 1 aromatic rings. The molecule has 0 saturated carbocycles. The van der Waals surface area contributed by atoms with Crippen LogP contribution in [-0.4, -0.2) is 68.3 Å². The summed E-state index contributed by atoms with van der Waals surface area (Å²) in [5.74, 6) is 2.38. The molecule has 2 unspecified atom stereocenters. The normalized spacial score (nSPS) is 20.6. The number of rotatable bonds is 7. The number of fused-ring (bicyclic) bond motifs is 1. The second kappa shape index (κ2) is 9.62. The highest BCUT2D eigenvalue weighted by Gasteiger charge is 2.45. The zero-order valence-electron chi connectivity index (χ0n) is 19.9. The summed E-state index contributed by atoms with van der Waals surface area (Å²) in [6, 6.07) is 1.63. The predicted octanol–water partition coefficient (Wildman–Crippen LogP) is 2.27. The topological polar surface area (TPSA) is 107 Å². The Morgan fingerprint density at radius 3 is 2.67 bits per heavy atom. The average molecular weight is 496 g/mol. The van der Waals surface area contributed by atoms with Gasteiger partial charge in [0.2, 0.25) is 0 Å². The molecule has 1 aromatic heterocycles. The van der Waals surface area contributed by atoms with Crippen LogP contribution in [0.1, 0.15) is 43.9 Å². The first-order chi connectivity index (χ1) is 15.3. The minimum Gasteiger partial charge on any atom is -0.350 e. The summed E-state index contributed by atoms with van der Waals surface area (Å²) in [5, 5.41) is 0. The second-order valence-corrected chi connectivity index (χ2v) is 17.1. The fourth-order valence-corrected chi connectivity index (χ4v) is 4.93. The number of hydroxylamine groups is 1. The molecule has 0 spiro atoms. The number of aromatic nitrogens is 1. The Balaban J connectivity index is 1.64. The standard InChI is InChI=1S/C22H33N3O6SSi/c1-22(32(2,28)29,20(26)23-31-19-8-6-7-12-30-19)10-11-24-16-18-14-17(9-13-33(3,4)5)15-25(18)21(24)27/h14-15,19H,6-8,10-12,16H2,1-5H3,(H,23,26). The van der Waals surface area contributed by atoms with E-state index in [0.29, 0.717) is 19.6 Å². The molecule has 33 heavy (non-hydrogen) atoms. The maximum absolute atomic E-state index is 12.8. The summed E-state index contributed by atoms with van der Waals surface area (Å²) < 4.78 is 30.2. The number of hydrogen-bond acceptors (Lipinski definition) is 6. The zero-order chi connectivity index (χ0) is 24.4. The van der Waals surface area contributed by atoms with Gasteiger partial charge in [0, 0.05) is 43.3 Å². The van der Waals surface area contributed by atoms with Crippen LogP contribution >= 0.6 is 0 Å². The van der Waals surface area contributed by atoms with Crippen LogP contribution in [0.25, 0.3) is 0 Å². The van der Waals surface area contributed by atoms with Crippen LogP contribution in [0.4, 0.5) is 4.79 Å². The molecule has 2 aliphatic rings. The van der Waals surface area contributed by atoms with Crippen molar-refractivity contribution in [1.29, 1.82) is 0 Å². The van der Waals surface area contributed by atoms with Crippen LogP contribution in [0.3, 0.4) is 0 Å². The van der Waals surface area contributed by atoms with Crippen LogP contribution in [-0.2, 0) is 30.8 Å². The largest absolute Gasteiger partial charge is 0.350 e. The highest BCUT2D eigenvalue weighted by Crippen LogP contribution is 2.26. The molecule has 0 bridgehead atoms. The summed E-state index contributed by atoms with van der Waals surface area (Å²) in [6.45, 7) is 8.78. The van der Waals surface area contributed by atoms with Gasteiger partial charge >= 0.3 is 6.03 Å². The molecule has 3 rings (SSSR count). The van der Waals surface area contributed by atoms with Gasteiger partial charge in [0.15, 0.2) is 20.9 Å². The van der Waals surface area contributed by atoms with Crippen molar-refractivity contribution in [1.82, 2.24) is 14.9 Å². The van der Waals surface area contributed by atoms with Gasteiger partial charge in [0.1, 0.15) is 8.07 Å². The summed E-state index contributed by atoms with van der Waals surface area (Å²) >= 11 is 0. The number of nitrogens with zero attached hydrogens (tertiary/aromatic N) is 2. The van der Waals surface area contributed by atoms with Crippen molar-refractivity contribution in [2.45, 2.75) is 69.8 Å². The fourth-order valence-electron chi connectivity index (χ4n) is 3.57. The highest BCUT2D eigenvalue weighted by molar-refractivity contribution is 7.92. The van der Waals surface area contributed by atoms with E-state index in [1.807, 2.05) is 6.07 Å². The zero-order valence-corrected chi connectivity index (χ0v) is 21.8. The number of sulfone groups is 1. The maximum Gasteiger partial charge on any atom is 0.328 e. The third kappa shape index (κ3) is 6.06. The van der Waals surface area contributed by atoms with Crippen molar-refractivity contribution in [3.8, 4) is 11.5 Å². The molecule has 2 aliphatic heterocycles. The molecule has 3 heterocycles. The molecular weight excluding hydrogens is 462 g/mol. The summed E-state index contributed by atoms with van der Waals surface area (Å²) in [7, 11) is -5.33. The Morgan fingerprint density at radius 2 is 2.09 bits per heavy atom. The minimum absolute atomic E-state index is 0.0641. The van der Waals surface area contributed by atoms with Crippen LogP contribution in [0.2, 0.25) is 19.6 Å². The van der Waals surface area contributed by atoms with Gasteiger partial charge in [-0.15, -0.1) is 5.54 Å². The minimum atomic E-state index is -3.80. The Hall–Kier alpha value is -2.13. The molecule has 0 aromatic carbocycles. The lowest BCUT2D eigenvalue weighted by Gasteiger charge is -2.29. The van der Waals surface area contributed by atoms with E-state index in [-0.39, 0.29) is 19.0 Å². The van der Waals surface area contributed by atoms with Gasteiger partial charge in [-0.25, -0.2) is 23.5 Å². The van der Waals surface area contributed by atoms with E-state index in [2.05, 4.69) is 36.6 Å². The number of carbonyl (C=O) groups is 2. The first-order valence-corrected chi connectivity index (χ1v) is 16.5. The Bertz CT molecular complexity index is 1080. The summed E-state index contributed by atoms with van der Waals surface area (Å²) in [5.41, 5.74) is 7.14. The number of amides is 2. The maximum atomic E-state index is 12.8. The number of nitrogens with one attached hydrogen (secondary N) is 1. The van der Waals surface area contributed by atoms with Gasteiger partial charge < -0.3 is 9.64 Å². The van der Waals surface area contributed by atoms with Gasteiger partial charge in [-0.1, -0.05) is 25.6 Å². The molecule has 2 atom stereocenters. The van der Waals surface area contributed by atoms with Gasteiger partial charge in [-0.05, 0) is 32.3 Å². The summed E-state index contributed by atoms with van der Waals surface area (Å²) in [6.07, 6.45) is 4.54. The molecule has 1 N–H and O–H groups in total. The van der Waals surface area contributed by atoms with Crippen molar-refractivity contribution in [2.24, 2.45) is 0 Å². The quantitative estimate of drug-likeness (QED) is 0.353. The molecule has 182 valence electrons. The van der Waals surface area contributed by atoms with E-state index in [9.17, 15) is 18.0 Å². The van der Waals surface area contributed by atoms with Crippen molar-refractivity contribution in [3.63, 3.8) is 0 Å². The third-order valence-corrected chi connectivity index (χ3v) is 8.79. The van der Waals surface area contributed by atoms with Gasteiger partial charge in [-0.2, -0.15) is 0 Å². The smallest absolute Gasteiger partial charge is 0.328 e. The molecule has 1 saturated heterocycles. The molecule has 0 radical (unpaired) electrons. The molecule has 1 fully saturated rings. The number of hydrogen-bond donors (Lipinski definition) is 1. The first-order valence-electron chi connectivity index (χ1n) is 11.1. The van der Waals surface area contributed by atoms with Gasteiger partial charge in [-0.3, -0.25) is 9.36 Å². The number of carbonyl (C=O) groups excluding carboxylic acids is 2. The highest BCUT2D eigenvalue weighted by atomic mass is 32.2.